The summed E-state index contributed by atoms with van der Waals surface area (Å²) in [6.45, 7) is 5.88. The van der Waals surface area contributed by atoms with Gasteiger partial charge in [0.25, 0.3) is 10.0 Å². The molecule has 3 rings (SSSR count). The number of fused-ring (bicyclic) bond motifs is 1. The van der Waals surface area contributed by atoms with Crippen LogP contribution in [0.5, 0.6) is 0 Å². The number of nitrogens with zero attached hydrogens (tertiary/aromatic N) is 2. The minimum atomic E-state index is -3.67. The van der Waals surface area contributed by atoms with Crippen LogP contribution in [0.15, 0.2) is 52.7 Å². The van der Waals surface area contributed by atoms with E-state index in [0.29, 0.717) is 11.9 Å². The molecule has 0 bridgehead atoms. The molecule has 6 heteroatoms. The molecule has 0 amide bonds. The summed E-state index contributed by atoms with van der Waals surface area (Å²) in [4.78, 5) is 0. The maximum absolute atomic E-state index is 13.3. The summed E-state index contributed by atoms with van der Waals surface area (Å²) in [5.41, 5.74) is 1.63. The van der Waals surface area contributed by atoms with Crippen molar-refractivity contribution in [3.8, 4) is 0 Å². The smallest absolute Gasteiger partial charge is 0.204 e. The van der Waals surface area contributed by atoms with Gasteiger partial charge in [0.05, 0.1) is 11.7 Å². The van der Waals surface area contributed by atoms with Gasteiger partial charge in [0, 0.05) is 9.87 Å². The van der Waals surface area contributed by atoms with Crippen LogP contribution in [0.2, 0.25) is 0 Å². The zero-order valence-electron chi connectivity index (χ0n) is 13.3. The first-order valence-electron chi connectivity index (χ1n) is 7.53. The first-order chi connectivity index (χ1) is 10.8. The Balaban J connectivity index is 2.16. The number of para-hydroxylation sites is 1. The molecule has 0 saturated heterocycles. The average Bonchev–Trinajstić information content (AvgIpc) is 2.94. The van der Waals surface area contributed by atoms with Gasteiger partial charge in [0.15, 0.2) is 0 Å². The summed E-state index contributed by atoms with van der Waals surface area (Å²) in [6, 6.07) is 7.35. The van der Waals surface area contributed by atoms with Crippen LogP contribution in [0.25, 0.3) is 10.9 Å². The van der Waals surface area contributed by atoms with Gasteiger partial charge in [0.1, 0.15) is 4.75 Å². The van der Waals surface area contributed by atoms with Crippen LogP contribution in [-0.2, 0) is 10.0 Å². The quantitative estimate of drug-likeness (QED) is 0.781. The van der Waals surface area contributed by atoms with Crippen LogP contribution in [0.1, 0.15) is 27.2 Å². The van der Waals surface area contributed by atoms with E-state index in [9.17, 15) is 8.42 Å². The Labute approximate surface area is 145 Å². The molecule has 0 fully saturated rings. The van der Waals surface area contributed by atoms with E-state index in [4.69, 9.17) is 0 Å². The standard InChI is InChI=1S/C17H19BrN2O2S/c1-12(2)14-10-17(3,9-8-15(14)18)23(21,22)20-16-7-5-4-6-13(16)11-19-20/h4-8,10-12H,9H2,1-3H3. The molecule has 1 unspecified atom stereocenters. The molecule has 1 atom stereocenters. The van der Waals surface area contributed by atoms with Gasteiger partial charge in [-0.3, -0.25) is 0 Å². The van der Waals surface area contributed by atoms with Crippen LogP contribution in [0.4, 0.5) is 0 Å². The maximum Gasteiger partial charge on any atom is 0.263 e. The summed E-state index contributed by atoms with van der Waals surface area (Å²) in [5.74, 6) is 0.241. The summed E-state index contributed by atoms with van der Waals surface area (Å²) in [7, 11) is -3.67. The Kier molecular flexibility index (Phi) is 4.01. The van der Waals surface area contributed by atoms with Crippen molar-refractivity contribution in [3.63, 3.8) is 0 Å². The third-order valence-electron chi connectivity index (χ3n) is 4.31. The van der Waals surface area contributed by atoms with E-state index in [1.54, 1.807) is 19.2 Å². The second kappa shape index (κ2) is 5.60. The van der Waals surface area contributed by atoms with Crippen molar-refractivity contribution < 1.29 is 8.42 Å². The maximum atomic E-state index is 13.3. The number of rotatable bonds is 3. The lowest BCUT2D eigenvalue weighted by Crippen LogP contribution is -2.39. The molecule has 0 N–H and O–H groups in total. The predicted octanol–water partition coefficient (Wildman–Crippen LogP) is 4.24. The van der Waals surface area contributed by atoms with Crippen LogP contribution < -0.4 is 0 Å². The highest BCUT2D eigenvalue weighted by Gasteiger charge is 2.41. The molecular weight excluding hydrogens is 376 g/mol. The molecular formula is C17H19BrN2O2S. The van der Waals surface area contributed by atoms with Crippen molar-refractivity contribution in [3.05, 3.63) is 52.7 Å². The topological polar surface area (TPSA) is 52.0 Å². The van der Waals surface area contributed by atoms with Crippen molar-refractivity contribution in [2.45, 2.75) is 31.9 Å². The third-order valence-corrected chi connectivity index (χ3v) is 7.30. The highest BCUT2D eigenvalue weighted by molar-refractivity contribution is 9.12. The van der Waals surface area contributed by atoms with Gasteiger partial charge in [-0.2, -0.15) is 9.19 Å². The summed E-state index contributed by atoms with van der Waals surface area (Å²) < 4.78 is 27.7. The Morgan fingerprint density at radius 2 is 2.00 bits per heavy atom. The fourth-order valence-electron chi connectivity index (χ4n) is 2.83. The SMILES string of the molecule is CC(C)C1=CC(C)(S(=O)(=O)n2ncc3ccccc32)CC=C1Br. The van der Waals surface area contributed by atoms with Gasteiger partial charge in [-0.1, -0.05) is 60.1 Å². The number of halogens is 1. The average molecular weight is 395 g/mol. The van der Waals surface area contributed by atoms with Gasteiger partial charge in [-0.25, -0.2) is 8.42 Å². The molecule has 4 nitrogen and oxygen atoms in total. The first kappa shape index (κ1) is 16.5. The van der Waals surface area contributed by atoms with Gasteiger partial charge in [-0.15, -0.1) is 0 Å². The molecule has 1 aromatic carbocycles. The van der Waals surface area contributed by atoms with E-state index in [1.165, 1.54) is 4.09 Å². The highest BCUT2D eigenvalue weighted by atomic mass is 79.9. The van der Waals surface area contributed by atoms with E-state index in [-0.39, 0.29) is 5.92 Å². The molecule has 1 heterocycles. The van der Waals surface area contributed by atoms with Crippen LogP contribution in [0.3, 0.4) is 0 Å². The molecule has 1 aliphatic carbocycles. The van der Waals surface area contributed by atoms with Crippen LogP contribution >= 0.6 is 15.9 Å². The first-order valence-corrected chi connectivity index (χ1v) is 9.76. The normalized spacial score (nSPS) is 22.3. The number of aromatic nitrogens is 2. The van der Waals surface area contributed by atoms with Gasteiger partial charge in [-0.05, 0) is 30.9 Å². The van der Waals surface area contributed by atoms with Crippen molar-refractivity contribution in [1.82, 2.24) is 9.19 Å². The fraction of sp³-hybridized carbons (Fsp3) is 0.353. The van der Waals surface area contributed by atoms with E-state index in [1.807, 2.05) is 30.4 Å². The van der Waals surface area contributed by atoms with Crippen LogP contribution in [0, 0.1) is 5.92 Å². The number of benzene rings is 1. The van der Waals surface area contributed by atoms with Crippen molar-refractivity contribution in [1.29, 1.82) is 0 Å². The van der Waals surface area contributed by atoms with Crippen molar-refractivity contribution >= 4 is 36.9 Å². The molecule has 1 aliphatic rings. The van der Waals surface area contributed by atoms with Gasteiger partial charge >= 0.3 is 0 Å². The molecule has 23 heavy (non-hydrogen) atoms. The third kappa shape index (κ3) is 2.58. The monoisotopic (exact) mass is 394 g/mol. The Hall–Kier alpha value is -1.40. The molecule has 0 radical (unpaired) electrons. The number of hydrogen-bond acceptors (Lipinski definition) is 3. The number of allylic oxidation sites excluding steroid dienone is 3. The largest absolute Gasteiger partial charge is 0.263 e. The predicted molar refractivity (Wildman–Crippen MR) is 97.0 cm³/mol. The zero-order valence-corrected chi connectivity index (χ0v) is 15.7. The van der Waals surface area contributed by atoms with E-state index >= 15 is 0 Å². The summed E-state index contributed by atoms with van der Waals surface area (Å²) in [6.07, 6.45) is 5.82. The fourth-order valence-corrected chi connectivity index (χ4v) is 5.12. The van der Waals surface area contributed by atoms with Crippen molar-refractivity contribution in [2.24, 2.45) is 5.92 Å². The lowest BCUT2D eigenvalue weighted by atomic mass is 9.91. The van der Waals surface area contributed by atoms with Crippen LogP contribution in [-0.4, -0.2) is 22.4 Å². The molecule has 2 aromatic rings. The second-order valence-electron chi connectivity index (χ2n) is 6.37. The Bertz CT molecular complexity index is 925. The summed E-state index contributed by atoms with van der Waals surface area (Å²) >= 11 is 3.54. The Morgan fingerprint density at radius 1 is 1.30 bits per heavy atom. The zero-order chi connectivity index (χ0) is 16.8. The minimum Gasteiger partial charge on any atom is -0.204 e. The molecule has 0 saturated carbocycles. The minimum absolute atomic E-state index is 0.241. The summed E-state index contributed by atoms with van der Waals surface area (Å²) in [5, 5.41) is 4.96. The number of hydrogen-bond donors (Lipinski definition) is 0. The molecule has 1 aromatic heterocycles. The molecule has 0 aliphatic heterocycles. The van der Waals surface area contributed by atoms with E-state index < -0.39 is 14.8 Å². The lowest BCUT2D eigenvalue weighted by Gasteiger charge is -2.30. The highest BCUT2D eigenvalue weighted by Crippen LogP contribution is 2.38. The molecule has 122 valence electrons. The van der Waals surface area contributed by atoms with E-state index in [2.05, 4.69) is 34.9 Å². The van der Waals surface area contributed by atoms with Gasteiger partial charge in [0.2, 0.25) is 0 Å². The molecule has 0 spiro atoms. The second-order valence-corrected chi connectivity index (χ2v) is 9.46. The van der Waals surface area contributed by atoms with E-state index in [0.717, 1.165) is 15.4 Å². The van der Waals surface area contributed by atoms with Gasteiger partial charge < -0.3 is 0 Å². The Morgan fingerprint density at radius 3 is 2.70 bits per heavy atom. The van der Waals surface area contributed by atoms with Crippen molar-refractivity contribution in [2.75, 3.05) is 0 Å². The lowest BCUT2D eigenvalue weighted by molar-refractivity contribution is 0.545.